The Hall–Kier alpha value is -7.16. The van der Waals surface area contributed by atoms with E-state index in [1.807, 2.05) is 91.0 Å². The van der Waals surface area contributed by atoms with Gasteiger partial charge in [-0.3, -0.25) is 0 Å². The van der Waals surface area contributed by atoms with E-state index in [9.17, 15) is 11.0 Å². The lowest BCUT2D eigenvalue weighted by molar-refractivity contribution is 0.662. The molecule has 1 aliphatic rings. The molecule has 10 aromatic rings. The second kappa shape index (κ2) is 13.0. The molecule has 0 saturated heterocycles. The molecule has 1 heterocycles. The molecule has 2 heteroatoms. The average Bonchev–Trinajstić information content (AvgIpc) is 3.87. The minimum absolute atomic E-state index is 0.0519. The molecular formula is C55H39NO. The molecule has 0 saturated carbocycles. The molecular weight excluding hydrogens is 691 g/mol. The van der Waals surface area contributed by atoms with Crippen molar-refractivity contribution in [3.05, 3.63) is 211 Å². The first-order valence-corrected chi connectivity index (χ1v) is 18.7. The van der Waals surface area contributed by atoms with Crippen LogP contribution in [0.15, 0.2) is 204 Å². The van der Waals surface area contributed by atoms with Crippen molar-refractivity contribution in [3.63, 3.8) is 0 Å². The fourth-order valence-electron chi connectivity index (χ4n) is 8.48. The van der Waals surface area contributed by atoms with E-state index in [4.69, 9.17) is 11.3 Å². The summed E-state index contributed by atoms with van der Waals surface area (Å²) in [6, 6.07) is 29.9. The lowest BCUT2D eigenvalue weighted by Gasteiger charge is -2.27. The van der Waals surface area contributed by atoms with Crippen molar-refractivity contribution in [2.75, 3.05) is 4.90 Å². The van der Waals surface area contributed by atoms with Gasteiger partial charge in [0.15, 0.2) is 0 Å². The minimum Gasteiger partial charge on any atom is -0.455 e. The van der Waals surface area contributed by atoms with E-state index in [-0.39, 0.29) is 16.9 Å². The van der Waals surface area contributed by atoms with Crippen LogP contribution in [0.1, 0.15) is 42.8 Å². The number of rotatable bonds is 6. The van der Waals surface area contributed by atoms with Crippen LogP contribution in [0.5, 0.6) is 0 Å². The third-order valence-corrected chi connectivity index (χ3v) is 11.1. The second-order valence-corrected chi connectivity index (χ2v) is 14.7. The molecule has 0 amide bonds. The third-order valence-electron chi connectivity index (χ3n) is 11.1. The maximum Gasteiger partial charge on any atom is 0.143 e. The maximum atomic E-state index is 9.74. The summed E-state index contributed by atoms with van der Waals surface area (Å²) in [5.41, 5.74) is 5.08. The molecule has 0 unspecified atom stereocenters. The summed E-state index contributed by atoms with van der Waals surface area (Å²) in [5, 5.41) is 3.75. The van der Waals surface area contributed by atoms with Crippen molar-refractivity contribution in [2.45, 2.75) is 19.3 Å². The molecule has 1 aromatic heterocycles. The molecule has 270 valence electrons. The molecule has 57 heavy (non-hydrogen) atoms. The van der Waals surface area contributed by atoms with E-state index in [0.717, 1.165) is 60.5 Å². The van der Waals surface area contributed by atoms with Gasteiger partial charge in [-0.25, -0.2) is 0 Å². The summed E-state index contributed by atoms with van der Waals surface area (Å²) in [6.45, 7) is 4.12. The lowest BCUT2D eigenvalue weighted by Crippen LogP contribution is -2.16. The highest BCUT2D eigenvalue weighted by molar-refractivity contribution is 6.19. The minimum atomic E-state index is -0.740. The van der Waals surface area contributed by atoms with Gasteiger partial charge in [-0.05, 0) is 109 Å². The fourth-order valence-corrected chi connectivity index (χ4v) is 8.48. The number of benzene rings is 9. The summed E-state index contributed by atoms with van der Waals surface area (Å²) in [7, 11) is 0. The normalized spacial score (nSPS) is 16.1. The van der Waals surface area contributed by atoms with Crippen LogP contribution in [0.2, 0.25) is 0 Å². The van der Waals surface area contributed by atoms with Gasteiger partial charge in [-0.15, -0.1) is 0 Å². The molecule has 0 radical (unpaired) electrons. The summed E-state index contributed by atoms with van der Waals surface area (Å²) >= 11 is 0. The zero-order chi connectivity index (χ0) is 49.4. The first kappa shape index (κ1) is 22.4. The van der Waals surface area contributed by atoms with Gasteiger partial charge in [-0.2, -0.15) is 0 Å². The van der Waals surface area contributed by atoms with E-state index >= 15 is 0 Å². The van der Waals surface area contributed by atoms with Gasteiger partial charge >= 0.3 is 0 Å². The Morgan fingerprint density at radius 1 is 0.456 bits per heavy atom. The quantitative estimate of drug-likeness (QED) is 0.169. The number of nitrogens with zero attached hydrogens (tertiary/aromatic N) is 1. The lowest BCUT2D eigenvalue weighted by atomic mass is 9.79. The predicted molar refractivity (Wildman–Crippen MR) is 240 cm³/mol. The summed E-state index contributed by atoms with van der Waals surface area (Å²) in [5.74, 6) is 0. The fraction of sp³-hybridized carbons (Fsp3) is 0.0545. The average molecular weight is 743 g/mol. The van der Waals surface area contributed by atoms with Crippen molar-refractivity contribution in [2.24, 2.45) is 0 Å². The van der Waals surface area contributed by atoms with Crippen LogP contribution in [0, 0.1) is 0 Å². The predicted octanol–water partition coefficient (Wildman–Crippen LogP) is 15.5. The van der Waals surface area contributed by atoms with Crippen LogP contribution in [0.3, 0.4) is 0 Å². The van der Waals surface area contributed by atoms with E-state index in [0.29, 0.717) is 11.1 Å². The summed E-state index contributed by atoms with van der Waals surface area (Å²) in [4.78, 5) is 1.19. The Bertz CT molecular complexity index is 3830. The molecule has 0 aliphatic heterocycles. The van der Waals surface area contributed by atoms with Crippen molar-refractivity contribution in [1.29, 1.82) is 0 Å². The van der Waals surface area contributed by atoms with Crippen LogP contribution in [-0.4, -0.2) is 0 Å². The van der Waals surface area contributed by atoms with Crippen molar-refractivity contribution in [3.8, 4) is 44.5 Å². The van der Waals surface area contributed by atoms with Crippen LogP contribution in [0.4, 0.5) is 17.1 Å². The van der Waals surface area contributed by atoms with Gasteiger partial charge in [-0.1, -0.05) is 165 Å². The highest BCUT2D eigenvalue weighted by atomic mass is 16.3. The first-order valence-electron chi connectivity index (χ1n) is 25.2. The standard InChI is InChI=1S/C55H39NO/c1-55(2)50-20-9-8-16-47(50)48-19-10-18-45(53(48)55)40-26-33-43(34-27-40)56(41-29-22-37(23-30-41)36-12-4-3-5-13-36)42-31-24-39(25-32-42)44-17-11-21-51-52(44)49-35-28-38-14-6-7-15-46(38)54(49)57-51/h3-35H,1-2H3/i3D,4D,5D,12D,13D,22D,23D,26D,27D,29D,30D,33D,34D. The summed E-state index contributed by atoms with van der Waals surface area (Å²) in [6.07, 6.45) is 0. The number of hydrogen-bond donors (Lipinski definition) is 0. The zero-order valence-electron chi connectivity index (χ0n) is 43.9. The van der Waals surface area contributed by atoms with Crippen molar-refractivity contribution in [1.82, 2.24) is 0 Å². The van der Waals surface area contributed by atoms with Gasteiger partial charge in [0.25, 0.3) is 0 Å². The van der Waals surface area contributed by atoms with Crippen LogP contribution in [0.25, 0.3) is 77.2 Å². The molecule has 11 rings (SSSR count). The topological polar surface area (TPSA) is 16.4 Å². The highest BCUT2D eigenvalue weighted by Crippen LogP contribution is 2.52. The van der Waals surface area contributed by atoms with Crippen LogP contribution >= 0.6 is 0 Å². The largest absolute Gasteiger partial charge is 0.455 e. The van der Waals surface area contributed by atoms with Crippen LogP contribution in [-0.2, 0) is 5.41 Å². The molecule has 0 fully saturated rings. The SMILES string of the molecule is [2H]c1c([2H])c([2H])c(-c2c([2H])c([2H])c(N(c3ccc(-c4cccc5oc6c7ccccc7ccc6c45)cc3)c3c([2H])c([2H])c(-c4cccc5c4C(C)(C)c4ccccc4-5)c([2H])c3[2H])c([2H])c2[2H])c([2H])c1[2H]. The Labute approximate surface area is 351 Å². The highest BCUT2D eigenvalue weighted by Gasteiger charge is 2.37. The molecule has 0 N–H and O–H groups in total. The van der Waals surface area contributed by atoms with E-state index in [2.05, 4.69) is 13.8 Å². The molecule has 2 nitrogen and oxygen atoms in total. The van der Waals surface area contributed by atoms with Crippen molar-refractivity contribution < 1.29 is 22.2 Å². The number of hydrogen-bond acceptors (Lipinski definition) is 2. The van der Waals surface area contributed by atoms with Gasteiger partial charge in [0.1, 0.15) is 11.2 Å². The number of furan rings is 1. The Morgan fingerprint density at radius 2 is 1.09 bits per heavy atom. The molecule has 1 aliphatic carbocycles. The molecule has 0 bridgehead atoms. The Kier molecular flexibility index (Phi) is 5.10. The van der Waals surface area contributed by atoms with E-state index in [1.165, 1.54) is 4.90 Å². The van der Waals surface area contributed by atoms with E-state index in [1.54, 1.807) is 30.3 Å². The van der Waals surface area contributed by atoms with E-state index < -0.39 is 101 Å². The number of fused-ring (bicyclic) bond motifs is 8. The Morgan fingerprint density at radius 3 is 1.88 bits per heavy atom. The van der Waals surface area contributed by atoms with Crippen LogP contribution < -0.4 is 4.90 Å². The summed E-state index contributed by atoms with van der Waals surface area (Å²) < 4.78 is 125. The maximum absolute atomic E-state index is 9.74. The Balaban J connectivity index is 1.15. The van der Waals surface area contributed by atoms with Crippen molar-refractivity contribution >= 4 is 49.8 Å². The van der Waals surface area contributed by atoms with Gasteiger partial charge in [0.05, 0.1) is 17.8 Å². The van der Waals surface area contributed by atoms with Gasteiger partial charge < -0.3 is 9.32 Å². The smallest absolute Gasteiger partial charge is 0.143 e. The molecule has 0 atom stereocenters. The molecule has 0 spiro atoms. The second-order valence-electron chi connectivity index (χ2n) is 14.7. The van der Waals surface area contributed by atoms with Gasteiger partial charge in [0, 0.05) is 38.6 Å². The third kappa shape index (κ3) is 5.33. The number of anilines is 3. The zero-order valence-corrected chi connectivity index (χ0v) is 30.9. The van der Waals surface area contributed by atoms with Gasteiger partial charge in [0.2, 0.25) is 0 Å². The molecule has 9 aromatic carbocycles. The monoisotopic (exact) mass is 742 g/mol. The first-order chi connectivity index (χ1) is 33.4.